The summed E-state index contributed by atoms with van der Waals surface area (Å²) in [7, 11) is 0. The lowest BCUT2D eigenvalue weighted by molar-refractivity contribution is 1.02. The molecule has 0 aliphatic heterocycles. The summed E-state index contributed by atoms with van der Waals surface area (Å²) in [6.07, 6.45) is 2.24. The fourth-order valence-electron chi connectivity index (χ4n) is 1.87. The maximum Gasteiger partial charge on any atom is 0.180 e. The summed E-state index contributed by atoms with van der Waals surface area (Å²) in [6.45, 7) is 2.09. The first-order chi connectivity index (χ1) is 8.72. The predicted octanol–water partition coefficient (Wildman–Crippen LogP) is 2.94. The van der Waals surface area contributed by atoms with Crippen LogP contribution in [0.25, 0.3) is 0 Å². The second kappa shape index (κ2) is 5.65. The van der Waals surface area contributed by atoms with Crippen LogP contribution in [0.4, 0.5) is 5.13 Å². The zero-order chi connectivity index (χ0) is 13.0. The summed E-state index contributed by atoms with van der Waals surface area (Å²) in [5, 5.41) is 9.27. The summed E-state index contributed by atoms with van der Waals surface area (Å²) in [6, 6.07) is 10.3. The molecule has 0 fully saturated rings. The van der Waals surface area contributed by atoms with Crippen molar-refractivity contribution in [2.24, 2.45) is 0 Å². The molecular weight excluding hydrogens is 242 g/mol. The number of hydrogen-bond acceptors (Lipinski definition) is 4. The van der Waals surface area contributed by atoms with E-state index in [1.807, 2.05) is 12.1 Å². The minimum absolute atomic E-state index is 0.466. The van der Waals surface area contributed by atoms with Crippen LogP contribution in [0.1, 0.15) is 28.6 Å². The van der Waals surface area contributed by atoms with Crippen LogP contribution in [0.2, 0.25) is 0 Å². The molecule has 0 atom stereocenters. The third-order valence-corrected chi connectivity index (χ3v) is 3.73. The highest BCUT2D eigenvalue weighted by molar-refractivity contribution is 7.15. The van der Waals surface area contributed by atoms with E-state index in [9.17, 15) is 0 Å². The molecular formula is C14H15N3S. The van der Waals surface area contributed by atoms with Gasteiger partial charge in [0.25, 0.3) is 0 Å². The number of rotatable bonds is 4. The molecule has 4 heteroatoms. The normalized spacial score (nSPS) is 10.2. The third kappa shape index (κ3) is 2.88. The second-order valence-electron chi connectivity index (χ2n) is 4.10. The zero-order valence-electron chi connectivity index (χ0n) is 10.3. The Morgan fingerprint density at radius 1 is 1.28 bits per heavy atom. The van der Waals surface area contributed by atoms with Gasteiger partial charge in [-0.05, 0) is 17.5 Å². The molecule has 0 spiro atoms. The number of nitrogens with zero attached hydrogens (tertiary/aromatic N) is 2. The first kappa shape index (κ1) is 12.6. The second-order valence-corrected chi connectivity index (χ2v) is 5.22. The minimum atomic E-state index is 0.466. The lowest BCUT2D eigenvalue weighted by Gasteiger charge is -2.02. The van der Waals surface area contributed by atoms with Crippen LogP contribution in [0.3, 0.4) is 0 Å². The van der Waals surface area contributed by atoms with Crippen molar-refractivity contribution in [3.05, 3.63) is 46.0 Å². The van der Waals surface area contributed by atoms with Crippen LogP contribution in [0.5, 0.6) is 0 Å². The van der Waals surface area contributed by atoms with Gasteiger partial charge in [0.15, 0.2) is 5.13 Å². The van der Waals surface area contributed by atoms with Gasteiger partial charge in [0.1, 0.15) is 0 Å². The van der Waals surface area contributed by atoms with Crippen molar-refractivity contribution >= 4 is 16.5 Å². The first-order valence-corrected chi connectivity index (χ1v) is 6.73. The van der Waals surface area contributed by atoms with Crippen molar-refractivity contribution < 1.29 is 0 Å². The fraction of sp³-hybridized carbons (Fsp3) is 0.286. The molecule has 3 nitrogen and oxygen atoms in total. The van der Waals surface area contributed by atoms with Gasteiger partial charge in [-0.25, -0.2) is 4.98 Å². The van der Waals surface area contributed by atoms with Gasteiger partial charge in [-0.15, -0.1) is 11.3 Å². The Kier molecular flexibility index (Phi) is 3.96. The van der Waals surface area contributed by atoms with Crippen LogP contribution in [0, 0.1) is 11.3 Å². The highest BCUT2D eigenvalue weighted by Gasteiger charge is 2.08. The SMILES string of the molecule is CCc1nc(N)sc1Cc1ccc(CC#N)cc1. The molecule has 0 amide bonds. The van der Waals surface area contributed by atoms with Crippen molar-refractivity contribution in [2.75, 3.05) is 5.73 Å². The standard InChI is InChI=1S/C14H15N3S/c1-2-12-13(18-14(16)17-12)9-11-5-3-10(4-6-11)7-8-15/h3-6H,2,7,9H2,1H3,(H2,16,17). The Balaban J connectivity index is 2.15. The number of anilines is 1. The quantitative estimate of drug-likeness (QED) is 0.916. The molecule has 0 radical (unpaired) electrons. The number of thiazole rings is 1. The first-order valence-electron chi connectivity index (χ1n) is 5.91. The van der Waals surface area contributed by atoms with Crippen LogP contribution < -0.4 is 5.73 Å². The highest BCUT2D eigenvalue weighted by Crippen LogP contribution is 2.24. The monoisotopic (exact) mass is 257 g/mol. The summed E-state index contributed by atoms with van der Waals surface area (Å²) >= 11 is 1.56. The van der Waals surface area contributed by atoms with Gasteiger partial charge in [0, 0.05) is 11.3 Å². The number of benzene rings is 1. The molecule has 0 saturated heterocycles. The molecule has 2 aromatic rings. The van der Waals surface area contributed by atoms with E-state index in [2.05, 4.69) is 30.1 Å². The molecule has 0 aliphatic rings. The maximum atomic E-state index is 8.62. The Morgan fingerprint density at radius 3 is 2.56 bits per heavy atom. The van der Waals surface area contributed by atoms with E-state index in [-0.39, 0.29) is 0 Å². The smallest absolute Gasteiger partial charge is 0.180 e. The lowest BCUT2D eigenvalue weighted by Crippen LogP contribution is -1.92. The number of aryl methyl sites for hydroxylation is 1. The van der Waals surface area contributed by atoms with Crippen LogP contribution in [0.15, 0.2) is 24.3 Å². The molecule has 1 aromatic carbocycles. The van der Waals surface area contributed by atoms with Gasteiger partial charge in [0.2, 0.25) is 0 Å². The van der Waals surface area contributed by atoms with Gasteiger partial charge < -0.3 is 5.73 Å². The molecule has 2 N–H and O–H groups in total. The number of nitrogens with two attached hydrogens (primary N) is 1. The van der Waals surface area contributed by atoms with Gasteiger partial charge in [-0.2, -0.15) is 5.26 Å². The molecule has 1 heterocycles. The van der Waals surface area contributed by atoms with E-state index in [4.69, 9.17) is 11.0 Å². The van der Waals surface area contributed by atoms with Crippen molar-refractivity contribution in [2.45, 2.75) is 26.2 Å². The average molecular weight is 257 g/mol. The van der Waals surface area contributed by atoms with E-state index < -0.39 is 0 Å². The molecule has 92 valence electrons. The van der Waals surface area contributed by atoms with E-state index in [1.165, 1.54) is 10.4 Å². The van der Waals surface area contributed by atoms with E-state index in [1.54, 1.807) is 11.3 Å². The molecule has 0 bridgehead atoms. The average Bonchev–Trinajstić information content (AvgIpc) is 2.72. The van der Waals surface area contributed by atoms with E-state index >= 15 is 0 Å². The largest absolute Gasteiger partial charge is 0.375 e. The van der Waals surface area contributed by atoms with Crippen LogP contribution in [-0.4, -0.2) is 4.98 Å². The number of aromatic nitrogens is 1. The van der Waals surface area contributed by atoms with Gasteiger partial charge in [-0.1, -0.05) is 31.2 Å². The van der Waals surface area contributed by atoms with Crippen LogP contribution >= 0.6 is 11.3 Å². The molecule has 18 heavy (non-hydrogen) atoms. The molecule has 1 aromatic heterocycles. The van der Waals surface area contributed by atoms with E-state index in [0.717, 1.165) is 24.1 Å². The molecule has 0 aliphatic carbocycles. The maximum absolute atomic E-state index is 8.62. The molecule has 0 unspecified atom stereocenters. The Bertz CT molecular complexity index is 564. The molecule has 0 saturated carbocycles. The zero-order valence-corrected chi connectivity index (χ0v) is 11.1. The molecule has 2 rings (SSSR count). The summed E-state index contributed by atoms with van der Waals surface area (Å²) in [4.78, 5) is 5.56. The summed E-state index contributed by atoms with van der Waals surface area (Å²) in [5.41, 5.74) is 9.13. The van der Waals surface area contributed by atoms with Crippen LogP contribution in [-0.2, 0) is 19.3 Å². The van der Waals surface area contributed by atoms with Crippen molar-refractivity contribution in [1.82, 2.24) is 4.98 Å². The lowest BCUT2D eigenvalue weighted by atomic mass is 10.1. The Labute approximate surface area is 111 Å². The summed E-state index contributed by atoms with van der Waals surface area (Å²) in [5.74, 6) is 0. The highest BCUT2D eigenvalue weighted by atomic mass is 32.1. The fourth-order valence-corrected chi connectivity index (χ4v) is 2.82. The van der Waals surface area contributed by atoms with E-state index in [0.29, 0.717) is 11.6 Å². The number of hydrogen-bond donors (Lipinski definition) is 1. The van der Waals surface area contributed by atoms with Gasteiger partial charge >= 0.3 is 0 Å². The topological polar surface area (TPSA) is 62.7 Å². The third-order valence-electron chi connectivity index (χ3n) is 2.80. The van der Waals surface area contributed by atoms with Crippen molar-refractivity contribution in [3.63, 3.8) is 0 Å². The number of nitrogen functional groups attached to an aromatic ring is 1. The number of nitriles is 1. The predicted molar refractivity (Wildman–Crippen MR) is 74.5 cm³/mol. The Hall–Kier alpha value is -1.86. The Morgan fingerprint density at radius 2 is 1.94 bits per heavy atom. The van der Waals surface area contributed by atoms with Crippen molar-refractivity contribution in [1.29, 1.82) is 5.26 Å². The summed E-state index contributed by atoms with van der Waals surface area (Å²) < 4.78 is 0. The van der Waals surface area contributed by atoms with Crippen molar-refractivity contribution in [3.8, 4) is 6.07 Å². The van der Waals surface area contributed by atoms with Gasteiger partial charge in [-0.3, -0.25) is 0 Å². The minimum Gasteiger partial charge on any atom is -0.375 e. The van der Waals surface area contributed by atoms with Gasteiger partial charge in [0.05, 0.1) is 18.2 Å².